The van der Waals surface area contributed by atoms with Gasteiger partial charge in [-0.05, 0) is 41.3 Å². The van der Waals surface area contributed by atoms with E-state index in [0.717, 1.165) is 16.3 Å². The van der Waals surface area contributed by atoms with Crippen LogP contribution >= 0.6 is 0 Å². The van der Waals surface area contributed by atoms with Crippen molar-refractivity contribution in [3.63, 3.8) is 0 Å². The highest BCUT2D eigenvalue weighted by Gasteiger charge is 2.36. The molecule has 0 radical (unpaired) electrons. The number of likely N-dealkylation sites (tertiary alicyclic amines) is 1. The first-order valence-electron chi connectivity index (χ1n) is 12.3. The van der Waals surface area contributed by atoms with E-state index in [9.17, 15) is 19.5 Å². The Kier molecular flexibility index (Phi) is 8.30. The summed E-state index contributed by atoms with van der Waals surface area (Å²) in [6, 6.07) is 21.2. The van der Waals surface area contributed by atoms with Crippen molar-refractivity contribution in [1.82, 2.24) is 15.5 Å². The predicted molar refractivity (Wildman–Crippen MR) is 138 cm³/mol. The van der Waals surface area contributed by atoms with Crippen molar-refractivity contribution in [3.05, 3.63) is 83.9 Å². The average Bonchev–Trinajstić information content (AvgIpc) is 3.41. The molecule has 188 valence electrons. The molecule has 36 heavy (non-hydrogen) atoms. The van der Waals surface area contributed by atoms with E-state index in [4.69, 9.17) is 5.73 Å². The summed E-state index contributed by atoms with van der Waals surface area (Å²) in [4.78, 5) is 41.0. The van der Waals surface area contributed by atoms with Crippen LogP contribution in [-0.4, -0.2) is 65.5 Å². The first kappa shape index (κ1) is 25.3. The maximum atomic E-state index is 13.3. The Hall–Kier alpha value is -3.75. The van der Waals surface area contributed by atoms with Gasteiger partial charge in [0.1, 0.15) is 12.1 Å². The van der Waals surface area contributed by atoms with Gasteiger partial charge in [0.05, 0.1) is 6.10 Å². The van der Waals surface area contributed by atoms with Crippen LogP contribution in [0.5, 0.6) is 0 Å². The third-order valence-corrected chi connectivity index (χ3v) is 6.51. The highest BCUT2D eigenvalue weighted by Crippen LogP contribution is 2.21. The number of amides is 3. The monoisotopic (exact) mass is 488 g/mol. The minimum Gasteiger partial charge on any atom is -0.390 e. The van der Waals surface area contributed by atoms with Gasteiger partial charge in [0, 0.05) is 31.6 Å². The van der Waals surface area contributed by atoms with Crippen molar-refractivity contribution in [2.75, 3.05) is 19.6 Å². The highest BCUT2D eigenvalue weighted by molar-refractivity contribution is 5.98. The molecule has 0 saturated carbocycles. The third kappa shape index (κ3) is 6.08. The first-order chi connectivity index (χ1) is 17.5. The van der Waals surface area contributed by atoms with Gasteiger partial charge in [0.25, 0.3) is 5.91 Å². The lowest BCUT2D eigenvalue weighted by atomic mass is 10.0. The van der Waals surface area contributed by atoms with Crippen molar-refractivity contribution in [1.29, 1.82) is 0 Å². The zero-order chi connectivity index (χ0) is 25.5. The Bertz CT molecular complexity index is 1220. The first-order valence-corrected chi connectivity index (χ1v) is 12.3. The molecule has 3 atom stereocenters. The molecule has 3 aromatic rings. The summed E-state index contributed by atoms with van der Waals surface area (Å²) in [5, 5.41) is 17.5. The molecule has 1 heterocycles. The summed E-state index contributed by atoms with van der Waals surface area (Å²) in [6.45, 7) is 0.484. The van der Waals surface area contributed by atoms with E-state index in [1.54, 1.807) is 29.2 Å². The third-order valence-electron chi connectivity index (χ3n) is 6.51. The number of aliphatic hydroxyl groups is 1. The van der Waals surface area contributed by atoms with Crippen molar-refractivity contribution in [3.8, 4) is 0 Å². The van der Waals surface area contributed by atoms with Crippen LogP contribution in [0.15, 0.2) is 72.8 Å². The van der Waals surface area contributed by atoms with Crippen LogP contribution in [0.4, 0.5) is 0 Å². The number of nitrogens with zero attached hydrogens (tertiary/aromatic N) is 1. The zero-order valence-electron chi connectivity index (χ0n) is 20.1. The van der Waals surface area contributed by atoms with Gasteiger partial charge in [-0.1, -0.05) is 60.7 Å². The van der Waals surface area contributed by atoms with Crippen LogP contribution in [0.3, 0.4) is 0 Å². The lowest BCUT2D eigenvalue weighted by molar-refractivity contribution is -0.131. The van der Waals surface area contributed by atoms with E-state index in [0.29, 0.717) is 24.9 Å². The summed E-state index contributed by atoms with van der Waals surface area (Å²) >= 11 is 0. The molecule has 1 aliphatic heterocycles. The molecular weight excluding hydrogens is 456 g/mol. The molecule has 3 amide bonds. The Morgan fingerprint density at radius 2 is 1.72 bits per heavy atom. The van der Waals surface area contributed by atoms with Gasteiger partial charge in [0.2, 0.25) is 11.8 Å². The molecule has 1 fully saturated rings. The van der Waals surface area contributed by atoms with E-state index in [1.165, 1.54) is 0 Å². The zero-order valence-corrected chi connectivity index (χ0v) is 20.1. The van der Waals surface area contributed by atoms with Crippen LogP contribution in [0.2, 0.25) is 0 Å². The molecule has 1 saturated heterocycles. The van der Waals surface area contributed by atoms with E-state index < -0.39 is 24.1 Å². The second-order valence-electron chi connectivity index (χ2n) is 9.10. The van der Waals surface area contributed by atoms with Gasteiger partial charge in [-0.15, -0.1) is 0 Å². The van der Waals surface area contributed by atoms with Crippen LogP contribution in [0.25, 0.3) is 10.8 Å². The van der Waals surface area contributed by atoms with Gasteiger partial charge < -0.3 is 26.4 Å². The maximum absolute atomic E-state index is 13.3. The molecule has 8 nitrogen and oxygen atoms in total. The largest absolute Gasteiger partial charge is 0.390 e. The molecule has 0 aromatic heterocycles. The number of fused-ring (bicyclic) bond motifs is 1. The summed E-state index contributed by atoms with van der Waals surface area (Å²) < 4.78 is 0. The number of aliphatic hydroxyl groups excluding tert-OH is 1. The number of nitrogens with two attached hydrogens (primary N) is 1. The standard InChI is InChI=1S/C28H32N4O4/c29-17-23(33)18-30-26(34)24(16-19-12-13-20-7-4-5-10-22(20)15-19)31-27(35)25-11-6-14-32(25)28(36)21-8-2-1-3-9-21/h1-5,7-10,12-13,15,23-25,33H,6,11,14,16-18,29H2,(H,30,34)(H,31,35)/t23?,24-,25?/m1/s1. The topological polar surface area (TPSA) is 125 Å². The fourth-order valence-electron chi connectivity index (χ4n) is 4.53. The van der Waals surface area contributed by atoms with Gasteiger partial charge in [-0.3, -0.25) is 14.4 Å². The molecule has 3 aromatic carbocycles. The van der Waals surface area contributed by atoms with Crippen molar-refractivity contribution in [2.24, 2.45) is 5.73 Å². The van der Waals surface area contributed by atoms with Crippen LogP contribution in [0.1, 0.15) is 28.8 Å². The number of carbonyl (C=O) groups excluding carboxylic acids is 3. The summed E-state index contributed by atoms with van der Waals surface area (Å²) in [5.41, 5.74) is 6.87. The van der Waals surface area contributed by atoms with Gasteiger partial charge >= 0.3 is 0 Å². The van der Waals surface area contributed by atoms with Crippen LogP contribution < -0.4 is 16.4 Å². The smallest absolute Gasteiger partial charge is 0.254 e. The summed E-state index contributed by atoms with van der Waals surface area (Å²) in [5.74, 6) is -0.977. The number of nitrogens with one attached hydrogen (secondary N) is 2. The summed E-state index contributed by atoms with van der Waals surface area (Å²) in [7, 11) is 0. The number of carbonyl (C=O) groups is 3. The molecule has 2 unspecified atom stereocenters. The van der Waals surface area contributed by atoms with Gasteiger partial charge in [-0.2, -0.15) is 0 Å². The van der Waals surface area contributed by atoms with E-state index in [-0.39, 0.29) is 31.3 Å². The predicted octanol–water partition coefficient (Wildman–Crippen LogP) is 1.61. The Morgan fingerprint density at radius 1 is 1.00 bits per heavy atom. The minimum atomic E-state index is -0.877. The Labute approximate surface area is 210 Å². The average molecular weight is 489 g/mol. The molecule has 4 rings (SSSR count). The fraction of sp³-hybridized carbons (Fsp3) is 0.321. The molecular formula is C28H32N4O4. The summed E-state index contributed by atoms with van der Waals surface area (Å²) in [6.07, 6.45) is 0.627. The maximum Gasteiger partial charge on any atom is 0.254 e. The van der Waals surface area contributed by atoms with Gasteiger partial charge in [-0.25, -0.2) is 0 Å². The SMILES string of the molecule is NCC(O)CNC(=O)[C@@H](Cc1ccc2ccccc2c1)NC(=O)C1CCCN1C(=O)c1ccccc1. The van der Waals surface area contributed by atoms with Crippen molar-refractivity contribution in [2.45, 2.75) is 37.5 Å². The lowest BCUT2D eigenvalue weighted by Crippen LogP contribution is -2.54. The molecule has 8 heteroatoms. The number of benzene rings is 3. The number of hydrogen-bond donors (Lipinski definition) is 4. The molecule has 5 N–H and O–H groups in total. The van der Waals surface area contributed by atoms with Crippen LogP contribution in [-0.2, 0) is 16.0 Å². The van der Waals surface area contributed by atoms with Gasteiger partial charge in [0.15, 0.2) is 0 Å². The highest BCUT2D eigenvalue weighted by atomic mass is 16.3. The fourth-order valence-corrected chi connectivity index (χ4v) is 4.53. The minimum absolute atomic E-state index is 0.0124. The van der Waals surface area contributed by atoms with Crippen LogP contribution in [0, 0.1) is 0 Å². The van der Waals surface area contributed by atoms with E-state index in [1.807, 2.05) is 48.5 Å². The quantitative estimate of drug-likeness (QED) is 0.364. The van der Waals surface area contributed by atoms with Crippen molar-refractivity contribution >= 4 is 28.5 Å². The van der Waals surface area contributed by atoms with E-state index >= 15 is 0 Å². The Morgan fingerprint density at radius 3 is 2.47 bits per heavy atom. The van der Waals surface area contributed by atoms with Crippen molar-refractivity contribution < 1.29 is 19.5 Å². The second kappa shape index (κ2) is 11.8. The van der Waals surface area contributed by atoms with E-state index in [2.05, 4.69) is 10.6 Å². The Balaban J connectivity index is 1.51. The molecule has 0 spiro atoms. The number of rotatable bonds is 9. The molecule has 0 bridgehead atoms. The lowest BCUT2D eigenvalue weighted by Gasteiger charge is -2.27. The normalized spacial score (nSPS) is 16.9. The molecule has 1 aliphatic rings. The molecule has 0 aliphatic carbocycles. The second-order valence-corrected chi connectivity index (χ2v) is 9.10. The number of hydrogen-bond acceptors (Lipinski definition) is 5.